The Morgan fingerprint density at radius 3 is 2.48 bits per heavy atom. The number of nitrogens with zero attached hydrogens (tertiary/aromatic N) is 3. The van der Waals surface area contributed by atoms with Gasteiger partial charge in [-0.25, -0.2) is 8.42 Å². The average Bonchev–Trinajstić information content (AvgIpc) is 3.57. The molecular formula is C32H40N4O5S. The Bertz CT molecular complexity index is 1560. The summed E-state index contributed by atoms with van der Waals surface area (Å²) < 4.78 is 38.7. The summed E-state index contributed by atoms with van der Waals surface area (Å²) >= 11 is 0. The second kappa shape index (κ2) is 12.3. The topological polar surface area (TPSA) is 104 Å². The van der Waals surface area contributed by atoms with E-state index in [1.165, 1.54) is 43.3 Å². The number of likely N-dealkylation sites (N-methyl/N-ethyl adjacent to an activating group) is 1. The van der Waals surface area contributed by atoms with Crippen LogP contribution in [0.5, 0.6) is 5.75 Å². The highest BCUT2D eigenvalue weighted by Gasteiger charge is 2.35. The second-order valence-corrected chi connectivity index (χ2v) is 13.3. The van der Waals surface area contributed by atoms with Crippen molar-refractivity contribution in [3.05, 3.63) is 82.3 Å². The van der Waals surface area contributed by atoms with Crippen LogP contribution in [0.4, 0.5) is 0 Å². The molecule has 9 nitrogen and oxygen atoms in total. The number of carbonyl (C=O) groups is 1. The maximum absolute atomic E-state index is 13.3. The molecule has 0 spiro atoms. The van der Waals surface area contributed by atoms with Crippen molar-refractivity contribution < 1.29 is 22.4 Å². The highest BCUT2D eigenvalue weighted by molar-refractivity contribution is 7.89. The number of hydrogen-bond donors (Lipinski definition) is 1. The average molecular weight is 593 g/mol. The number of ether oxygens (including phenoxy) is 1. The van der Waals surface area contributed by atoms with Gasteiger partial charge in [0.05, 0.1) is 36.2 Å². The van der Waals surface area contributed by atoms with Gasteiger partial charge in [0.15, 0.2) is 0 Å². The Kier molecular flexibility index (Phi) is 8.75. The van der Waals surface area contributed by atoms with E-state index >= 15 is 0 Å². The number of fused-ring (bicyclic) bond motifs is 1. The number of carbonyl (C=O) groups excluding carboxylic acids is 1. The zero-order chi connectivity index (χ0) is 30.0. The first-order valence-electron chi connectivity index (χ1n) is 14.5. The fourth-order valence-electron chi connectivity index (χ4n) is 6.10. The number of benzene rings is 2. The first-order valence-corrected chi connectivity index (χ1v) is 15.9. The highest BCUT2D eigenvalue weighted by atomic mass is 32.2. The van der Waals surface area contributed by atoms with Crippen molar-refractivity contribution in [2.24, 2.45) is 4.99 Å². The SMILES string of the molecule is COc1cc(C)c(S(=O)(=O)N(C)Cc2cc(C(=O)NCCc3ccc(C4=NC5CCCCC5N4C)cc3)co2)c(C)c1. The predicted molar refractivity (Wildman–Crippen MR) is 163 cm³/mol. The lowest BCUT2D eigenvalue weighted by molar-refractivity contribution is 0.0953. The van der Waals surface area contributed by atoms with Gasteiger partial charge in [0.25, 0.3) is 5.91 Å². The van der Waals surface area contributed by atoms with Crippen LogP contribution in [0.2, 0.25) is 0 Å². The molecule has 1 aromatic heterocycles. The lowest BCUT2D eigenvalue weighted by Gasteiger charge is -2.30. The molecule has 2 atom stereocenters. The minimum absolute atomic E-state index is 0.00511. The Morgan fingerprint density at radius 1 is 1.12 bits per heavy atom. The summed E-state index contributed by atoms with van der Waals surface area (Å²) in [5.74, 6) is 1.80. The number of furan rings is 1. The van der Waals surface area contributed by atoms with Gasteiger partial charge in [0.1, 0.15) is 23.6 Å². The van der Waals surface area contributed by atoms with Crippen LogP contribution in [0.15, 0.2) is 63.0 Å². The quantitative estimate of drug-likeness (QED) is 0.366. The van der Waals surface area contributed by atoms with Crippen molar-refractivity contribution in [3.63, 3.8) is 0 Å². The molecule has 5 rings (SSSR count). The number of amides is 1. The summed E-state index contributed by atoms with van der Waals surface area (Å²) in [4.78, 5) is 20.3. The first-order chi connectivity index (χ1) is 20.1. The van der Waals surface area contributed by atoms with Crippen LogP contribution in [0.25, 0.3) is 0 Å². The number of sulfonamides is 1. The molecule has 42 heavy (non-hydrogen) atoms. The molecule has 0 saturated heterocycles. The summed E-state index contributed by atoms with van der Waals surface area (Å²) in [6, 6.07) is 14.4. The molecule has 1 aliphatic heterocycles. The maximum Gasteiger partial charge on any atom is 0.254 e. The van der Waals surface area contributed by atoms with Crippen LogP contribution in [0.1, 0.15) is 64.1 Å². The minimum atomic E-state index is -3.79. The molecule has 1 fully saturated rings. The molecule has 0 radical (unpaired) electrons. The monoisotopic (exact) mass is 592 g/mol. The Hall–Kier alpha value is -3.63. The van der Waals surface area contributed by atoms with E-state index in [1.807, 2.05) is 0 Å². The van der Waals surface area contributed by atoms with E-state index in [0.29, 0.717) is 53.2 Å². The fourth-order valence-corrected chi connectivity index (χ4v) is 7.64. The molecule has 224 valence electrons. The zero-order valence-electron chi connectivity index (χ0n) is 25.0. The van der Waals surface area contributed by atoms with Gasteiger partial charge in [-0.1, -0.05) is 37.1 Å². The Labute approximate surface area is 248 Å². The standard InChI is InChI=1S/C32H40N4O5S/c1-21-16-26(40-5)17-22(2)30(21)42(38,39)35(3)19-27-18-25(20-41-27)32(37)33-15-14-23-10-12-24(13-11-23)31-34-28-8-6-7-9-29(28)36(31)4/h10-13,16-18,20,28-29H,6-9,14-15,19H2,1-5H3,(H,33,37). The number of amidine groups is 1. The number of aryl methyl sites for hydroxylation is 2. The van der Waals surface area contributed by atoms with Crippen LogP contribution in [0, 0.1) is 13.8 Å². The molecule has 2 aromatic carbocycles. The van der Waals surface area contributed by atoms with E-state index in [9.17, 15) is 13.2 Å². The molecule has 1 saturated carbocycles. The van der Waals surface area contributed by atoms with Gasteiger partial charge in [-0.15, -0.1) is 0 Å². The zero-order valence-corrected chi connectivity index (χ0v) is 25.8. The molecule has 1 amide bonds. The lowest BCUT2D eigenvalue weighted by Crippen LogP contribution is -2.38. The number of rotatable bonds is 10. The summed E-state index contributed by atoms with van der Waals surface area (Å²) in [7, 11) is 1.41. The van der Waals surface area contributed by atoms with E-state index in [2.05, 4.69) is 41.5 Å². The van der Waals surface area contributed by atoms with E-state index in [-0.39, 0.29) is 17.3 Å². The molecule has 0 bridgehead atoms. The third kappa shape index (κ3) is 6.10. The number of aliphatic imine (C=N–C) groups is 1. The van der Waals surface area contributed by atoms with E-state index in [0.717, 1.165) is 17.0 Å². The third-order valence-corrected chi connectivity index (χ3v) is 10.5. The summed E-state index contributed by atoms with van der Waals surface area (Å²) in [6.45, 7) is 3.95. The van der Waals surface area contributed by atoms with Gasteiger partial charge in [0, 0.05) is 26.2 Å². The summed E-state index contributed by atoms with van der Waals surface area (Å²) in [6.07, 6.45) is 6.98. The van der Waals surface area contributed by atoms with Crippen LogP contribution in [-0.2, 0) is 23.0 Å². The van der Waals surface area contributed by atoms with Crippen molar-refractivity contribution in [3.8, 4) is 5.75 Å². The number of nitrogens with one attached hydrogen (secondary N) is 1. The molecule has 2 aliphatic rings. The van der Waals surface area contributed by atoms with Gasteiger partial charge in [0.2, 0.25) is 10.0 Å². The van der Waals surface area contributed by atoms with Crippen LogP contribution >= 0.6 is 0 Å². The van der Waals surface area contributed by atoms with Crippen molar-refractivity contribution in [1.82, 2.24) is 14.5 Å². The van der Waals surface area contributed by atoms with Crippen molar-refractivity contribution in [2.75, 3.05) is 27.7 Å². The number of hydrogen-bond acceptors (Lipinski definition) is 7. The van der Waals surface area contributed by atoms with Gasteiger partial charge >= 0.3 is 0 Å². The van der Waals surface area contributed by atoms with Crippen molar-refractivity contribution in [1.29, 1.82) is 0 Å². The molecule has 10 heteroatoms. The fraction of sp³-hybridized carbons (Fsp3) is 0.438. The number of methoxy groups -OCH3 is 1. The molecule has 2 heterocycles. The molecular weight excluding hydrogens is 552 g/mol. The molecule has 1 N–H and O–H groups in total. The van der Waals surface area contributed by atoms with Gasteiger partial charge in [-0.05, 0) is 68.0 Å². The third-order valence-electron chi connectivity index (χ3n) is 8.36. The summed E-state index contributed by atoms with van der Waals surface area (Å²) in [5, 5.41) is 2.93. The molecule has 3 aromatic rings. The predicted octanol–water partition coefficient (Wildman–Crippen LogP) is 4.70. The smallest absolute Gasteiger partial charge is 0.254 e. The van der Waals surface area contributed by atoms with Crippen LogP contribution in [-0.4, -0.2) is 69.2 Å². The van der Waals surface area contributed by atoms with Gasteiger partial charge in [-0.2, -0.15) is 4.31 Å². The lowest BCUT2D eigenvalue weighted by atomic mass is 9.91. The minimum Gasteiger partial charge on any atom is -0.497 e. The Balaban J connectivity index is 1.14. The highest BCUT2D eigenvalue weighted by Crippen LogP contribution is 2.32. The summed E-state index contributed by atoms with van der Waals surface area (Å²) in [5.41, 5.74) is 3.82. The Morgan fingerprint density at radius 2 is 1.81 bits per heavy atom. The van der Waals surface area contributed by atoms with E-state index < -0.39 is 10.0 Å². The van der Waals surface area contributed by atoms with Crippen LogP contribution < -0.4 is 10.1 Å². The largest absolute Gasteiger partial charge is 0.497 e. The van der Waals surface area contributed by atoms with Crippen molar-refractivity contribution in [2.45, 2.75) is 69.5 Å². The van der Waals surface area contributed by atoms with Crippen LogP contribution in [0.3, 0.4) is 0 Å². The van der Waals surface area contributed by atoms with E-state index in [4.69, 9.17) is 14.1 Å². The first kappa shape index (κ1) is 29.8. The maximum atomic E-state index is 13.3. The van der Waals surface area contributed by atoms with Gasteiger partial charge in [-0.3, -0.25) is 9.79 Å². The van der Waals surface area contributed by atoms with E-state index in [1.54, 1.807) is 39.2 Å². The molecule has 1 aliphatic carbocycles. The van der Waals surface area contributed by atoms with Gasteiger partial charge < -0.3 is 19.4 Å². The second-order valence-electron chi connectivity index (χ2n) is 11.3. The van der Waals surface area contributed by atoms with Crippen molar-refractivity contribution >= 4 is 21.8 Å². The normalized spacial score (nSPS) is 18.6. The molecule has 2 unspecified atom stereocenters.